The SMILES string of the molecule is CC1=c2ccccc2=CCC=C1. The first-order valence-electron chi connectivity index (χ1n) is 4.30. The van der Waals surface area contributed by atoms with Gasteiger partial charge in [-0.2, -0.15) is 0 Å². The van der Waals surface area contributed by atoms with Crippen LogP contribution in [0, 0.1) is 0 Å². The normalized spacial score (nSPS) is 14.9. The molecule has 0 N–H and O–H groups in total. The maximum atomic E-state index is 2.27. The van der Waals surface area contributed by atoms with Crippen LogP contribution in [0.25, 0.3) is 11.6 Å². The molecule has 0 saturated heterocycles. The second kappa shape index (κ2) is 2.98. The predicted molar refractivity (Wildman–Crippen MR) is 53.0 cm³/mol. The van der Waals surface area contributed by atoms with E-state index in [1.54, 1.807) is 0 Å². The Bertz CT molecular complexity index is 422. The van der Waals surface area contributed by atoms with E-state index < -0.39 is 0 Å². The van der Waals surface area contributed by atoms with E-state index in [-0.39, 0.29) is 0 Å². The van der Waals surface area contributed by atoms with Crippen LogP contribution in [-0.4, -0.2) is 0 Å². The molecule has 0 saturated carbocycles. The van der Waals surface area contributed by atoms with E-state index >= 15 is 0 Å². The molecule has 0 aromatic heterocycles. The highest BCUT2D eigenvalue weighted by atomic mass is 14.0. The highest BCUT2D eigenvalue weighted by Gasteiger charge is 1.91. The molecule has 0 atom stereocenters. The molecule has 0 heterocycles. The van der Waals surface area contributed by atoms with Crippen molar-refractivity contribution in [3.63, 3.8) is 0 Å². The summed E-state index contributed by atoms with van der Waals surface area (Å²) >= 11 is 0. The zero-order valence-electron chi connectivity index (χ0n) is 7.25. The molecular weight excluding hydrogens is 144 g/mol. The molecule has 0 unspecified atom stereocenters. The first-order chi connectivity index (χ1) is 5.88. The summed E-state index contributed by atoms with van der Waals surface area (Å²) in [5.41, 5.74) is 1.36. The van der Waals surface area contributed by atoms with Crippen molar-refractivity contribution in [3.05, 3.63) is 46.9 Å². The topological polar surface area (TPSA) is 0 Å². The van der Waals surface area contributed by atoms with Gasteiger partial charge in [0, 0.05) is 0 Å². The first-order valence-corrected chi connectivity index (χ1v) is 4.30. The van der Waals surface area contributed by atoms with Crippen molar-refractivity contribution in [2.75, 3.05) is 0 Å². The summed E-state index contributed by atoms with van der Waals surface area (Å²) in [4.78, 5) is 0. The van der Waals surface area contributed by atoms with Gasteiger partial charge >= 0.3 is 0 Å². The Kier molecular flexibility index (Phi) is 1.83. The maximum absolute atomic E-state index is 2.27. The molecule has 0 heteroatoms. The summed E-state index contributed by atoms with van der Waals surface area (Å²) in [5.74, 6) is 0. The van der Waals surface area contributed by atoms with Gasteiger partial charge in [0.15, 0.2) is 0 Å². The lowest BCUT2D eigenvalue weighted by Crippen LogP contribution is -2.24. The highest BCUT2D eigenvalue weighted by molar-refractivity contribution is 5.56. The monoisotopic (exact) mass is 156 g/mol. The average Bonchev–Trinajstić information content (AvgIpc) is 2.29. The lowest BCUT2D eigenvalue weighted by molar-refractivity contribution is 1.45. The zero-order chi connectivity index (χ0) is 8.39. The molecule has 0 aliphatic heterocycles. The van der Waals surface area contributed by atoms with Crippen LogP contribution >= 0.6 is 0 Å². The lowest BCUT2D eigenvalue weighted by atomic mass is 10.1. The minimum atomic E-state index is 1.05. The van der Waals surface area contributed by atoms with E-state index in [9.17, 15) is 0 Å². The molecule has 60 valence electrons. The number of hydrogen-bond donors (Lipinski definition) is 0. The van der Waals surface area contributed by atoms with Crippen molar-refractivity contribution in [3.8, 4) is 0 Å². The molecule has 0 amide bonds. The van der Waals surface area contributed by atoms with Gasteiger partial charge in [0.2, 0.25) is 0 Å². The Labute approximate surface area is 72.5 Å². The predicted octanol–water partition coefficient (Wildman–Crippen LogP) is 1.60. The van der Waals surface area contributed by atoms with Gasteiger partial charge < -0.3 is 0 Å². The summed E-state index contributed by atoms with van der Waals surface area (Å²) in [7, 11) is 0. The van der Waals surface area contributed by atoms with E-state index in [1.165, 1.54) is 16.0 Å². The molecule has 2 rings (SSSR count). The van der Waals surface area contributed by atoms with Crippen molar-refractivity contribution < 1.29 is 0 Å². The third-order valence-corrected chi connectivity index (χ3v) is 2.23. The van der Waals surface area contributed by atoms with E-state index in [2.05, 4.69) is 49.4 Å². The van der Waals surface area contributed by atoms with Crippen LogP contribution < -0.4 is 10.4 Å². The van der Waals surface area contributed by atoms with Crippen LogP contribution in [0.15, 0.2) is 36.4 Å². The molecule has 1 aromatic carbocycles. The molecule has 0 radical (unpaired) electrons. The van der Waals surface area contributed by atoms with Crippen molar-refractivity contribution in [1.82, 2.24) is 0 Å². The largest absolute Gasteiger partial charge is 0.0804 e. The second-order valence-corrected chi connectivity index (χ2v) is 3.11. The Morgan fingerprint density at radius 3 is 2.92 bits per heavy atom. The molecule has 0 nitrogen and oxygen atoms in total. The van der Waals surface area contributed by atoms with Gasteiger partial charge in [0.25, 0.3) is 0 Å². The molecular formula is C12H12. The molecule has 0 spiro atoms. The zero-order valence-corrected chi connectivity index (χ0v) is 7.25. The quantitative estimate of drug-likeness (QED) is 0.535. The lowest BCUT2D eigenvalue weighted by Gasteiger charge is -1.91. The van der Waals surface area contributed by atoms with Crippen LogP contribution in [0.5, 0.6) is 0 Å². The standard InChI is InChI=1S/C12H12/c1-10-6-2-3-7-11-8-4-5-9-12(10)11/h2,4-9H,3H2,1H3. The molecule has 0 fully saturated rings. The highest BCUT2D eigenvalue weighted by Crippen LogP contribution is 1.97. The fraction of sp³-hybridized carbons (Fsp3) is 0.167. The minimum Gasteiger partial charge on any atom is -0.0804 e. The number of fused-ring (bicyclic) bond motifs is 1. The fourth-order valence-electron chi connectivity index (χ4n) is 1.56. The third-order valence-electron chi connectivity index (χ3n) is 2.23. The van der Waals surface area contributed by atoms with Crippen LogP contribution in [0.2, 0.25) is 0 Å². The number of allylic oxidation sites excluding steroid dienone is 2. The van der Waals surface area contributed by atoms with Crippen LogP contribution in [0.4, 0.5) is 0 Å². The Balaban J connectivity index is 2.89. The Hall–Kier alpha value is -1.30. The first kappa shape index (κ1) is 7.35. The van der Waals surface area contributed by atoms with Crippen molar-refractivity contribution >= 4 is 11.6 Å². The van der Waals surface area contributed by atoms with Gasteiger partial charge in [-0.15, -0.1) is 0 Å². The van der Waals surface area contributed by atoms with Crippen LogP contribution in [0.1, 0.15) is 13.3 Å². The van der Waals surface area contributed by atoms with Crippen molar-refractivity contribution in [2.24, 2.45) is 0 Å². The van der Waals surface area contributed by atoms with Gasteiger partial charge in [-0.1, -0.05) is 42.5 Å². The van der Waals surface area contributed by atoms with Gasteiger partial charge in [-0.05, 0) is 29.4 Å². The van der Waals surface area contributed by atoms with E-state index in [4.69, 9.17) is 0 Å². The average molecular weight is 156 g/mol. The number of hydrogen-bond acceptors (Lipinski definition) is 0. The third kappa shape index (κ3) is 1.20. The van der Waals surface area contributed by atoms with Gasteiger partial charge in [0.1, 0.15) is 0 Å². The summed E-state index contributed by atoms with van der Waals surface area (Å²) in [6.45, 7) is 2.16. The van der Waals surface area contributed by atoms with E-state index in [0.717, 1.165) is 6.42 Å². The van der Waals surface area contributed by atoms with Gasteiger partial charge in [-0.25, -0.2) is 0 Å². The minimum absolute atomic E-state index is 1.05. The maximum Gasteiger partial charge on any atom is -0.0157 e. The summed E-state index contributed by atoms with van der Waals surface area (Å²) < 4.78 is 0. The Morgan fingerprint density at radius 1 is 1.17 bits per heavy atom. The van der Waals surface area contributed by atoms with E-state index in [1.807, 2.05) is 0 Å². The molecule has 1 aromatic rings. The van der Waals surface area contributed by atoms with Crippen molar-refractivity contribution in [2.45, 2.75) is 13.3 Å². The Morgan fingerprint density at radius 2 is 2.00 bits per heavy atom. The smallest absolute Gasteiger partial charge is 0.0157 e. The van der Waals surface area contributed by atoms with E-state index in [0.29, 0.717) is 0 Å². The fourth-order valence-corrected chi connectivity index (χ4v) is 1.56. The van der Waals surface area contributed by atoms with Gasteiger partial charge in [0.05, 0.1) is 0 Å². The summed E-state index contributed by atoms with van der Waals surface area (Å²) in [5, 5.41) is 2.73. The van der Waals surface area contributed by atoms with Gasteiger partial charge in [-0.3, -0.25) is 0 Å². The molecule has 12 heavy (non-hydrogen) atoms. The molecule has 1 aliphatic carbocycles. The second-order valence-electron chi connectivity index (χ2n) is 3.11. The molecule has 1 aliphatic rings. The van der Waals surface area contributed by atoms with Crippen LogP contribution in [-0.2, 0) is 0 Å². The van der Waals surface area contributed by atoms with Crippen LogP contribution in [0.3, 0.4) is 0 Å². The number of rotatable bonds is 0. The van der Waals surface area contributed by atoms with Crippen molar-refractivity contribution in [1.29, 1.82) is 0 Å². The number of benzene rings is 1. The molecule has 0 bridgehead atoms. The summed E-state index contributed by atoms with van der Waals surface area (Å²) in [6.07, 6.45) is 7.72. The summed E-state index contributed by atoms with van der Waals surface area (Å²) in [6, 6.07) is 8.53.